The molecule has 1 heteroatoms. The second-order valence-electron chi connectivity index (χ2n) is 1.12. The fourth-order valence-electron chi connectivity index (χ4n) is 0.346. The Bertz CT molecular complexity index is 61.9. The van der Waals surface area contributed by atoms with E-state index in [1.807, 2.05) is 0 Å². The first-order valence-corrected chi connectivity index (χ1v) is 3.93. The molecule has 0 bridgehead atoms. The Kier molecular flexibility index (Phi) is 1.54. The van der Waals surface area contributed by atoms with Crippen molar-refractivity contribution in [3.8, 4) is 0 Å². The molecule has 1 aliphatic heterocycles. The number of rotatable bonds is 0. The first kappa shape index (κ1) is 4.17. The van der Waals surface area contributed by atoms with Crippen LogP contribution in [0.4, 0.5) is 0 Å². The third-order valence-electron chi connectivity index (χ3n) is 0.622. The summed E-state index contributed by atoms with van der Waals surface area (Å²) < 4.78 is 0. The minimum atomic E-state index is 0.693. The van der Waals surface area contributed by atoms with Gasteiger partial charge < -0.3 is 0 Å². The van der Waals surface area contributed by atoms with E-state index >= 15 is 0 Å². The van der Waals surface area contributed by atoms with E-state index in [0.29, 0.717) is 15.0 Å². The van der Waals surface area contributed by atoms with E-state index in [1.165, 1.54) is 0 Å². The summed E-state index contributed by atoms with van der Waals surface area (Å²) >= 11 is 0.693. The second-order valence-corrected chi connectivity index (χ2v) is 2.83. The second kappa shape index (κ2) is 2.22. The van der Waals surface area contributed by atoms with Crippen LogP contribution < -0.4 is 0 Å². The third-order valence-corrected chi connectivity index (χ3v) is 2.09. The molecule has 0 atom stereocenters. The molecule has 1 rings (SSSR count). The van der Waals surface area contributed by atoms with Crippen LogP contribution in [0.3, 0.4) is 0 Å². The predicted molar refractivity (Wildman–Crippen MR) is 28.7 cm³/mol. The molecule has 0 radical (unpaired) electrons. The van der Waals surface area contributed by atoms with Crippen LogP contribution in [-0.4, -0.2) is 15.0 Å². The fraction of sp³-hybridized carbons (Fsp3) is 0.200. The molecule has 0 unspecified atom stereocenters. The monoisotopic (exact) mass is 146 g/mol. The summed E-state index contributed by atoms with van der Waals surface area (Å²) in [5, 5.41) is 0. The molecular weight excluding hydrogens is 139 g/mol. The van der Waals surface area contributed by atoms with Gasteiger partial charge in [-0.2, -0.15) is 0 Å². The van der Waals surface area contributed by atoms with Crippen LogP contribution in [0.1, 0.15) is 6.42 Å². The Morgan fingerprint density at radius 2 is 1.83 bits per heavy atom. The van der Waals surface area contributed by atoms with Crippen molar-refractivity contribution in [3.63, 3.8) is 0 Å². The maximum atomic E-state index is 2.24. The molecule has 0 aliphatic carbocycles. The van der Waals surface area contributed by atoms with Crippen molar-refractivity contribution in [3.05, 3.63) is 22.1 Å². The molecule has 0 amide bonds. The van der Waals surface area contributed by atoms with Crippen molar-refractivity contribution in [1.29, 1.82) is 0 Å². The fourth-order valence-corrected chi connectivity index (χ4v) is 1.47. The molecule has 0 N–H and O–H groups in total. The van der Waals surface area contributed by atoms with Gasteiger partial charge in [-0.1, -0.05) is 0 Å². The first-order valence-electron chi connectivity index (χ1n) is 1.95. The Hall–Kier alpha value is -0.000519. The van der Waals surface area contributed by atoms with Crippen LogP contribution in [0.2, 0.25) is 0 Å². The van der Waals surface area contributed by atoms with Gasteiger partial charge in [-0.3, -0.25) is 0 Å². The molecule has 0 aromatic rings. The molecule has 0 saturated carbocycles. The van der Waals surface area contributed by atoms with Crippen LogP contribution in [0.5, 0.6) is 0 Å². The average Bonchev–Trinajstić information content (AvgIpc) is 1.72. The number of allylic oxidation sites excluding steroid dienone is 2. The van der Waals surface area contributed by atoms with E-state index < -0.39 is 0 Å². The first-order chi connectivity index (χ1) is 3.00. The summed E-state index contributed by atoms with van der Waals surface area (Å²) in [7, 11) is 0. The van der Waals surface area contributed by atoms with Gasteiger partial charge in [-0.25, -0.2) is 0 Å². The predicted octanol–water partition coefficient (Wildman–Crippen LogP) is 1.12. The van der Waals surface area contributed by atoms with E-state index in [2.05, 4.69) is 22.1 Å². The molecule has 1 aliphatic rings. The van der Waals surface area contributed by atoms with Crippen LogP contribution in [0, 0.1) is 0 Å². The Labute approximate surface area is 44.1 Å². The third kappa shape index (κ3) is 1.000. The molecule has 1 heterocycles. The number of hydrogen-bond donors (Lipinski definition) is 0. The molecular formula is C5H6Se. The minimum absolute atomic E-state index is 0.693. The van der Waals surface area contributed by atoms with Gasteiger partial charge in [0.1, 0.15) is 0 Å². The quantitative estimate of drug-likeness (QED) is 0.448. The standard InChI is InChI=1S/C5H6Se/c1-2-4-6-5-3-1/h2-5H,1H2. The van der Waals surface area contributed by atoms with Crippen molar-refractivity contribution in [2.24, 2.45) is 0 Å². The van der Waals surface area contributed by atoms with Gasteiger partial charge in [0.15, 0.2) is 0 Å². The average molecular weight is 145 g/mol. The van der Waals surface area contributed by atoms with Gasteiger partial charge in [0.25, 0.3) is 0 Å². The van der Waals surface area contributed by atoms with Crippen molar-refractivity contribution in [2.45, 2.75) is 6.42 Å². The van der Waals surface area contributed by atoms with Gasteiger partial charge >= 0.3 is 43.5 Å². The van der Waals surface area contributed by atoms with E-state index in [-0.39, 0.29) is 0 Å². The van der Waals surface area contributed by atoms with Crippen molar-refractivity contribution >= 4 is 15.0 Å². The summed E-state index contributed by atoms with van der Waals surface area (Å²) in [6, 6.07) is 0. The van der Waals surface area contributed by atoms with Crippen molar-refractivity contribution < 1.29 is 0 Å². The molecule has 0 fully saturated rings. The topological polar surface area (TPSA) is 0 Å². The molecule has 0 aromatic carbocycles. The Morgan fingerprint density at radius 1 is 1.17 bits per heavy atom. The zero-order valence-electron chi connectivity index (χ0n) is 3.42. The summed E-state index contributed by atoms with van der Waals surface area (Å²) in [6.45, 7) is 0. The molecule has 0 nitrogen and oxygen atoms in total. The molecule has 0 saturated heterocycles. The van der Waals surface area contributed by atoms with Gasteiger partial charge in [0, 0.05) is 0 Å². The van der Waals surface area contributed by atoms with Gasteiger partial charge in [0.05, 0.1) is 0 Å². The van der Waals surface area contributed by atoms with E-state index in [1.54, 1.807) is 0 Å². The normalized spacial score (nSPS) is 18.7. The van der Waals surface area contributed by atoms with Crippen molar-refractivity contribution in [1.82, 2.24) is 0 Å². The summed E-state index contributed by atoms with van der Waals surface area (Å²) in [4.78, 5) is 4.49. The molecule has 6 heavy (non-hydrogen) atoms. The molecule has 32 valence electrons. The van der Waals surface area contributed by atoms with Gasteiger partial charge in [-0.05, 0) is 0 Å². The van der Waals surface area contributed by atoms with E-state index in [4.69, 9.17) is 0 Å². The zero-order valence-corrected chi connectivity index (χ0v) is 5.14. The Balaban J connectivity index is 2.40. The zero-order chi connectivity index (χ0) is 4.24. The van der Waals surface area contributed by atoms with E-state index in [9.17, 15) is 0 Å². The summed E-state index contributed by atoms with van der Waals surface area (Å²) in [5.41, 5.74) is 0. The van der Waals surface area contributed by atoms with Gasteiger partial charge in [-0.15, -0.1) is 0 Å². The molecule has 0 spiro atoms. The van der Waals surface area contributed by atoms with E-state index in [0.717, 1.165) is 6.42 Å². The van der Waals surface area contributed by atoms with Crippen LogP contribution in [0.25, 0.3) is 0 Å². The van der Waals surface area contributed by atoms with Crippen LogP contribution in [-0.2, 0) is 0 Å². The number of hydrogen-bond acceptors (Lipinski definition) is 0. The summed E-state index contributed by atoms with van der Waals surface area (Å²) in [5.74, 6) is 0. The maximum absolute atomic E-state index is 2.24. The SMILES string of the molecule is C1=C[Se]C=CC1. The summed E-state index contributed by atoms with van der Waals surface area (Å²) in [6.07, 6.45) is 5.57. The Morgan fingerprint density at radius 3 is 2.00 bits per heavy atom. The van der Waals surface area contributed by atoms with Gasteiger partial charge in [0.2, 0.25) is 0 Å². The van der Waals surface area contributed by atoms with Crippen LogP contribution in [0.15, 0.2) is 22.1 Å². The van der Waals surface area contributed by atoms with Crippen LogP contribution >= 0.6 is 0 Å². The molecule has 0 aromatic heterocycles. The van der Waals surface area contributed by atoms with Crippen molar-refractivity contribution in [2.75, 3.05) is 0 Å².